The van der Waals surface area contributed by atoms with Gasteiger partial charge in [-0.25, -0.2) is 0 Å². The molecule has 0 bridgehead atoms. The Morgan fingerprint density at radius 3 is 2.65 bits per heavy atom. The fraction of sp³-hybridized carbons (Fsp3) is 0.444. The molecule has 0 amide bonds. The Bertz CT molecular complexity index is 573. The van der Waals surface area contributed by atoms with E-state index in [-0.39, 0.29) is 0 Å². The number of likely N-dealkylation sites (N-methyl/N-ethyl adjacent to an activating group) is 1. The molecule has 1 fully saturated rings. The number of benzene rings is 2. The summed E-state index contributed by atoms with van der Waals surface area (Å²) in [6.45, 7) is 0.986. The molecule has 2 aromatic rings. The molecule has 1 saturated carbocycles. The molecule has 106 valence electrons. The molecule has 2 heteroatoms. The first kappa shape index (κ1) is 13.6. The van der Waals surface area contributed by atoms with E-state index in [9.17, 15) is 0 Å². The summed E-state index contributed by atoms with van der Waals surface area (Å²) in [5.41, 5.74) is 7.71. The quantitative estimate of drug-likeness (QED) is 0.922. The molecule has 2 aromatic carbocycles. The highest BCUT2D eigenvalue weighted by Crippen LogP contribution is 2.25. The van der Waals surface area contributed by atoms with Crippen molar-refractivity contribution in [3.63, 3.8) is 0 Å². The number of nitrogens with two attached hydrogens (primary N) is 1. The van der Waals surface area contributed by atoms with Crippen molar-refractivity contribution in [1.29, 1.82) is 0 Å². The Morgan fingerprint density at radius 1 is 1.05 bits per heavy atom. The lowest BCUT2D eigenvalue weighted by molar-refractivity contribution is 0.163. The van der Waals surface area contributed by atoms with Crippen molar-refractivity contribution < 1.29 is 0 Å². The van der Waals surface area contributed by atoms with Crippen LogP contribution in [0.3, 0.4) is 0 Å². The number of rotatable bonds is 3. The molecule has 0 spiro atoms. The van der Waals surface area contributed by atoms with Crippen LogP contribution in [0.25, 0.3) is 10.8 Å². The summed E-state index contributed by atoms with van der Waals surface area (Å²) in [5.74, 6) is 0. The minimum atomic E-state index is 0.337. The van der Waals surface area contributed by atoms with Gasteiger partial charge in [0.2, 0.25) is 0 Å². The first-order chi connectivity index (χ1) is 9.75. The van der Waals surface area contributed by atoms with E-state index < -0.39 is 0 Å². The highest BCUT2D eigenvalue weighted by atomic mass is 15.1. The van der Waals surface area contributed by atoms with Gasteiger partial charge in [0.05, 0.1) is 0 Å². The van der Waals surface area contributed by atoms with E-state index in [0.717, 1.165) is 6.54 Å². The van der Waals surface area contributed by atoms with Crippen LogP contribution in [0.5, 0.6) is 0 Å². The second-order valence-corrected chi connectivity index (χ2v) is 6.07. The fourth-order valence-electron chi connectivity index (χ4n) is 3.50. The maximum absolute atomic E-state index is 6.30. The summed E-state index contributed by atoms with van der Waals surface area (Å²) < 4.78 is 0. The van der Waals surface area contributed by atoms with Crippen molar-refractivity contribution in [1.82, 2.24) is 4.90 Å². The van der Waals surface area contributed by atoms with E-state index in [0.29, 0.717) is 12.1 Å². The largest absolute Gasteiger partial charge is 0.326 e. The van der Waals surface area contributed by atoms with Crippen molar-refractivity contribution >= 4 is 10.8 Å². The summed E-state index contributed by atoms with van der Waals surface area (Å²) in [5, 5.41) is 2.69. The molecule has 0 heterocycles. The zero-order valence-electron chi connectivity index (χ0n) is 12.3. The Kier molecular flexibility index (Phi) is 4.04. The third kappa shape index (κ3) is 2.72. The summed E-state index contributed by atoms with van der Waals surface area (Å²) in [6.07, 6.45) is 5.02. The maximum atomic E-state index is 6.30. The molecule has 0 aliphatic heterocycles. The lowest BCUT2D eigenvalue weighted by Crippen LogP contribution is -2.47. The van der Waals surface area contributed by atoms with E-state index >= 15 is 0 Å². The number of hydrogen-bond acceptors (Lipinski definition) is 2. The van der Waals surface area contributed by atoms with Crippen LogP contribution in [-0.4, -0.2) is 24.0 Å². The molecular formula is C18H24N2. The fourth-order valence-corrected chi connectivity index (χ4v) is 3.50. The minimum absolute atomic E-state index is 0.337. The van der Waals surface area contributed by atoms with Gasteiger partial charge >= 0.3 is 0 Å². The van der Waals surface area contributed by atoms with Crippen LogP contribution < -0.4 is 5.73 Å². The highest BCUT2D eigenvalue weighted by Gasteiger charge is 2.25. The standard InChI is InChI=1S/C18H24N2/c1-20(18-12-5-4-11-17(18)19)13-15-9-6-8-14-7-2-3-10-16(14)15/h2-3,6-10,17-18H,4-5,11-13,19H2,1H3. The van der Waals surface area contributed by atoms with Crippen LogP contribution in [0.1, 0.15) is 31.2 Å². The van der Waals surface area contributed by atoms with Crippen molar-refractivity contribution in [3.8, 4) is 0 Å². The zero-order chi connectivity index (χ0) is 13.9. The molecule has 2 nitrogen and oxygen atoms in total. The van der Waals surface area contributed by atoms with Gasteiger partial charge < -0.3 is 5.73 Å². The molecule has 3 rings (SSSR count). The molecule has 2 unspecified atom stereocenters. The normalized spacial score (nSPS) is 23.4. The van der Waals surface area contributed by atoms with E-state index in [2.05, 4.69) is 54.4 Å². The van der Waals surface area contributed by atoms with Crippen LogP contribution in [0, 0.1) is 0 Å². The van der Waals surface area contributed by atoms with Crippen LogP contribution in [-0.2, 0) is 6.54 Å². The van der Waals surface area contributed by atoms with E-state index in [1.54, 1.807) is 0 Å². The first-order valence-electron chi connectivity index (χ1n) is 7.68. The Hall–Kier alpha value is -1.38. The van der Waals surface area contributed by atoms with E-state index in [1.165, 1.54) is 42.0 Å². The molecule has 0 saturated heterocycles. The second kappa shape index (κ2) is 5.94. The smallest absolute Gasteiger partial charge is 0.0247 e. The number of nitrogens with zero attached hydrogens (tertiary/aromatic N) is 1. The van der Waals surface area contributed by atoms with Gasteiger partial charge in [-0.05, 0) is 36.2 Å². The van der Waals surface area contributed by atoms with Crippen LogP contribution in [0.15, 0.2) is 42.5 Å². The van der Waals surface area contributed by atoms with Crippen molar-refractivity contribution in [2.24, 2.45) is 5.73 Å². The van der Waals surface area contributed by atoms with Crippen molar-refractivity contribution in [2.75, 3.05) is 7.05 Å². The Morgan fingerprint density at radius 2 is 1.80 bits per heavy atom. The second-order valence-electron chi connectivity index (χ2n) is 6.07. The highest BCUT2D eigenvalue weighted by molar-refractivity contribution is 5.85. The summed E-state index contributed by atoms with van der Waals surface area (Å²) in [7, 11) is 2.22. The van der Waals surface area contributed by atoms with Gasteiger partial charge in [-0.3, -0.25) is 4.90 Å². The Labute approximate surface area is 121 Å². The van der Waals surface area contributed by atoms with Gasteiger partial charge in [0.1, 0.15) is 0 Å². The predicted octanol–water partition coefficient (Wildman–Crippen LogP) is 3.54. The predicted molar refractivity (Wildman–Crippen MR) is 85.6 cm³/mol. The zero-order valence-corrected chi connectivity index (χ0v) is 12.3. The minimum Gasteiger partial charge on any atom is -0.326 e. The third-order valence-electron chi connectivity index (χ3n) is 4.65. The van der Waals surface area contributed by atoms with Crippen LogP contribution >= 0.6 is 0 Å². The van der Waals surface area contributed by atoms with E-state index in [4.69, 9.17) is 5.73 Å². The van der Waals surface area contributed by atoms with Gasteiger partial charge in [0.15, 0.2) is 0 Å². The number of hydrogen-bond donors (Lipinski definition) is 1. The monoisotopic (exact) mass is 268 g/mol. The van der Waals surface area contributed by atoms with Crippen molar-refractivity contribution in [2.45, 2.75) is 44.3 Å². The SMILES string of the molecule is CN(Cc1cccc2ccccc12)C1CCCCC1N. The van der Waals surface area contributed by atoms with Gasteiger partial charge in [-0.2, -0.15) is 0 Å². The van der Waals surface area contributed by atoms with Gasteiger partial charge in [0.25, 0.3) is 0 Å². The van der Waals surface area contributed by atoms with Gasteiger partial charge in [-0.15, -0.1) is 0 Å². The lowest BCUT2D eigenvalue weighted by Gasteiger charge is -2.36. The molecule has 1 aliphatic rings. The Balaban J connectivity index is 1.82. The molecule has 2 N–H and O–H groups in total. The lowest BCUT2D eigenvalue weighted by atomic mass is 9.89. The van der Waals surface area contributed by atoms with Gasteiger partial charge in [0, 0.05) is 18.6 Å². The summed E-state index contributed by atoms with van der Waals surface area (Å²) in [6, 6.07) is 16.1. The summed E-state index contributed by atoms with van der Waals surface area (Å²) >= 11 is 0. The van der Waals surface area contributed by atoms with Gasteiger partial charge in [-0.1, -0.05) is 55.3 Å². The van der Waals surface area contributed by atoms with Crippen LogP contribution in [0.4, 0.5) is 0 Å². The maximum Gasteiger partial charge on any atom is 0.0247 e. The first-order valence-corrected chi connectivity index (χ1v) is 7.68. The molecular weight excluding hydrogens is 244 g/mol. The average Bonchev–Trinajstić information content (AvgIpc) is 2.48. The third-order valence-corrected chi connectivity index (χ3v) is 4.65. The average molecular weight is 268 g/mol. The summed E-state index contributed by atoms with van der Waals surface area (Å²) in [4.78, 5) is 2.45. The molecule has 1 aliphatic carbocycles. The molecule has 2 atom stereocenters. The topological polar surface area (TPSA) is 29.3 Å². The van der Waals surface area contributed by atoms with Crippen LogP contribution in [0.2, 0.25) is 0 Å². The molecule has 0 radical (unpaired) electrons. The van der Waals surface area contributed by atoms with Crippen molar-refractivity contribution in [3.05, 3.63) is 48.0 Å². The van der Waals surface area contributed by atoms with E-state index in [1.807, 2.05) is 0 Å². The molecule has 0 aromatic heterocycles. The molecule has 20 heavy (non-hydrogen) atoms. The number of fused-ring (bicyclic) bond motifs is 1.